The Kier molecular flexibility index (Phi) is 7.19. The van der Waals surface area contributed by atoms with Gasteiger partial charge in [-0.3, -0.25) is 19.7 Å². The number of thiophene rings is 1. The topological polar surface area (TPSA) is 100 Å². The molecule has 0 saturated heterocycles. The predicted molar refractivity (Wildman–Crippen MR) is 125 cm³/mol. The number of carbonyl (C=O) groups excluding carboxylic acids is 3. The summed E-state index contributed by atoms with van der Waals surface area (Å²) in [6.07, 6.45) is 0.904. The van der Waals surface area contributed by atoms with Crippen LogP contribution in [-0.4, -0.2) is 28.2 Å². The van der Waals surface area contributed by atoms with Gasteiger partial charge >= 0.3 is 0 Å². The highest BCUT2D eigenvalue weighted by Crippen LogP contribution is 2.19. The molecule has 7 nitrogen and oxygen atoms in total. The van der Waals surface area contributed by atoms with Crippen molar-refractivity contribution in [2.45, 2.75) is 39.2 Å². The van der Waals surface area contributed by atoms with E-state index < -0.39 is 0 Å². The minimum absolute atomic E-state index is 0.0816. The third-order valence-electron chi connectivity index (χ3n) is 4.63. The first-order valence-corrected chi connectivity index (χ1v) is 11.5. The summed E-state index contributed by atoms with van der Waals surface area (Å²) in [6.45, 7) is 5.95. The largest absolute Gasteiger partial charge is 0.347 e. The third kappa shape index (κ3) is 6.47. The van der Waals surface area contributed by atoms with Crippen molar-refractivity contribution >= 4 is 51.2 Å². The number of hydrogen-bond donors (Lipinski definition) is 3. The smallest absolute Gasteiger partial charge is 0.267 e. The van der Waals surface area contributed by atoms with E-state index in [0.717, 1.165) is 6.42 Å². The molecule has 0 spiro atoms. The van der Waals surface area contributed by atoms with Crippen LogP contribution in [0.25, 0.3) is 0 Å². The van der Waals surface area contributed by atoms with Gasteiger partial charge < -0.3 is 10.6 Å². The Morgan fingerprint density at radius 3 is 2.39 bits per heavy atom. The van der Waals surface area contributed by atoms with Crippen LogP contribution >= 0.6 is 22.7 Å². The van der Waals surface area contributed by atoms with Gasteiger partial charge in [-0.2, -0.15) is 0 Å². The zero-order valence-electron chi connectivity index (χ0n) is 17.5. The molecule has 0 atom stereocenters. The van der Waals surface area contributed by atoms with Crippen LogP contribution in [0.3, 0.4) is 0 Å². The van der Waals surface area contributed by atoms with Crippen LogP contribution in [0, 0.1) is 0 Å². The van der Waals surface area contributed by atoms with Crippen molar-refractivity contribution in [3.63, 3.8) is 0 Å². The molecule has 0 aliphatic carbocycles. The number of aromatic nitrogens is 1. The zero-order valence-corrected chi connectivity index (χ0v) is 19.2. The molecule has 2 aromatic heterocycles. The summed E-state index contributed by atoms with van der Waals surface area (Å²) >= 11 is 2.62. The predicted octanol–water partition coefficient (Wildman–Crippen LogP) is 4.56. The fourth-order valence-electron chi connectivity index (χ4n) is 2.55. The molecule has 0 bridgehead atoms. The Morgan fingerprint density at radius 1 is 1.00 bits per heavy atom. The van der Waals surface area contributed by atoms with Crippen LogP contribution in [0.15, 0.2) is 47.2 Å². The van der Waals surface area contributed by atoms with Crippen molar-refractivity contribution in [1.29, 1.82) is 0 Å². The molecule has 0 radical (unpaired) electrons. The summed E-state index contributed by atoms with van der Waals surface area (Å²) in [5.74, 6) is -0.595. The van der Waals surface area contributed by atoms with Gasteiger partial charge in [0.1, 0.15) is 0 Å². The Labute approximate surface area is 188 Å². The quantitative estimate of drug-likeness (QED) is 0.463. The lowest BCUT2D eigenvalue weighted by molar-refractivity contribution is -0.115. The van der Waals surface area contributed by atoms with Gasteiger partial charge in [0, 0.05) is 22.2 Å². The van der Waals surface area contributed by atoms with E-state index >= 15 is 0 Å². The molecule has 3 aromatic rings. The number of carbonyl (C=O) groups is 3. The van der Waals surface area contributed by atoms with Crippen LogP contribution in [0.1, 0.15) is 52.9 Å². The first-order valence-electron chi connectivity index (χ1n) is 9.77. The Balaban J connectivity index is 1.52. The van der Waals surface area contributed by atoms with Crippen molar-refractivity contribution in [3.05, 3.63) is 63.3 Å². The monoisotopic (exact) mass is 456 g/mol. The molecule has 2 heterocycles. The maximum Gasteiger partial charge on any atom is 0.267 e. The van der Waals surface area contributed by atoms with E-state index in [-0.39, 0.29) is 29.7 Å². The number of anilines is 2. The van der Waals surface area contributed by atoms with Gasteiger partial charge in [-0.15, -0.1) is 22.7 Å². The molecule has 162 valence electrons. The van der Waals surface area contributed by atoms with Crippen molar-refractivity contribution in [2.75, 3.05) is 10.6 Å². The van der Waals surface area contributed by atoms with Crippen molar-refractivity contribution in [2.24, 2.45) is 0 Å². The first-order chi connectivity index (χ1) is 14.8. The van der Waals surface area contributed by atoms with Gasteiger partial charge in [-0.25, -0.2) is 4.98 Å². The van der Waals surface area contributed by atoms with Crippen molar-refractivity contribution in [3.8, 4) is 0 Å². The summed E-state index contributed by atoms with van der Waals surface area (Å²) in [5.41, 5.74) is 1.42. The average molecular weight is 457 g/mol. The molecule has 3 amide bonds. The molecule has 0 unspecified atom stereocenters. The maximum absolute atomic E-state index is 12.3. The van der Waals surface area contributed by atoms with Crippen LogP contribution < -0.4 is 16.0 Å². The summed E-state index contributed by atoms with van der Waals surface area (Å²) in [7, 11) is 0. The number of thiazole rings is 1. The third-order valence-corrected chi connectivity index (χ3v) is 6.30. The number of amides is 3. The molecular weight excluding hydrogens is 432 g/mol. The molecule has 0 aliphatic heterocycles. The van der Waals surface area contributed by atoms with Crippen LogP contribution in [0.4, 0.5) is 10.8 Å². The van der Waals surface area contributed by atoms with Crippen LogP contribution in [0.5, 0.6) is 0 Å². The van der Waals surface area contributed by atoms with E-state index in [2.05, 4.69) is 20.9 Å². The summed E-state index contributed by atoms with van der Waals surface area (Å²) in [6, 6.07) is 10.3. The van der Waals surface area contributed by atoms with Gasteiger partial charge in [-0.05, 0) is 56.0 Å². The normalized spacial score (nSPS) is 11.1. The van der Waals surface area contributed by atoms with Gasteiger partial charge in [0.25, 0.3) is 11.8 Å². The van der Waals surface area contributed by atoms with Gasteiger partial charge in [0.05, 0.1) is 17.0 Å². The molecule has 0 fully saturated rings. The molecule has 0 saturated carbocycles. The SMILES string of the molecule is CCC(C)(C)NC(=O)c1ccc(NC(=O)Cc2csc(NC(=O)c3cccs3)n2)cc1. The van der Waals surface area contributed by atoms with Crippen molar-refractivity contribution in [1.82, 2.24) is 10.3 Å². The second-order valence-corrected chi connectivity index (χ2v) is 9.38. The molecule has 9 heteroatoms. The molecule has 1 aromatic carbocycles. The Morgan fingerprint density at radius 2 is 1.74 bits per heavy atom. The highest BCUT2D eigenvalue weighted by molar-refractivity contribution is 7.14. The molecule has 3 rings (SSSR count). The average Bonchev–Trinajstić information content (AvgIpc) is 3.40. The van der Waals surface area contributed by atoms with Crippen molar-refractivity contribution < 1.29 is 14.4 Å². The van der Waals surface area contributed by atoms with E-state index in [0.29, 0.717) is 27.0 Å². The second kappa shape index (κ2) is 9.84. The molecular formula is C22H24N4O3S2. The van der Waals surface area contributed by atoms with Gasteiger partial charge in [0.2, 0.25) is 5.91 Å². The van der Waals surface area contributed by atoms with E-state index in [9.17, 15) is 14.4 Å². The highest BCUT2D eigenvalue weighted by Gasteiger charge is 2.19. The minimum atomic E-state index is -0.278. The second-order valence-electron chi connectivity index (χ2n) is 7.57. The minimum Gasteiger partial charge on any atom is -0.347 e. The molecule has 0 aliphatic rings. The maximum atomic E-state index is 12.3. The first kappa shape index (κ1) is 22.6. The fraction of sp³-hybridized carbons (Fsp3) is 0.273. The number of nitrogens with one attached hydrogen (secondary N) is 3. The Bertz CT molecular complexity index is 1060. The summed E-state index contributed by atoms with van der Waals surface area (Å²) in [4.78, 5) is 41.6. The lowest BCUT2D eigenvalue weighted by Gasteiger charge is -2.24. The number of rotatable bonds is 8. The molecule has 3 N–H and O–H groups in total. The van der Waals surface area contributed by atoms with Gasteiger partial charge in [0.15, 0.2) is 5.13 Å². The fourth-order valence-corrected chi connectivity index (χ4v) is 3.88. The Hall–Kier alpha value is -3.04. The summed E-state index contributed by atoms with van der Waals surface area (Å²) in [5, 5.41) is 12.5. The number of nitrogens with zero attached hydrogens (tertiary/aromatic N) is 1. The zero-order chi connectivity index (χ0) is 22.4. The van der Waals surface area contributed by atoms with Crippen LogP contribution in [-0.2, 0) is 11.2 Å². The lowest BCUT2D eigenvalue weighted by Crippen LogP contribution is -2.42. The van der Waals surface area contributed by atoms with E-state index in [1.54, 1.807) is 35.7 Å². The highest BCUT2D eigenvalue weighted by atomic mass is 32.1. The van der Waals surface area contributed by atoms with E-state index in [1.165, 1.54) is 22.7 Å². The molecule has 31 heavy (non-hydrogen) atoms. The summed E-state index contributed by atoms with van der Waals surface area (Å²) < 4.78 is 0. The number of hydrogen-bond acceptors (Lipinski definition) is 6. The number of benzene rings is 1. The van der Waals surface area contributed by atoms with E-state index in [1.807, 2.05) is 32.2 Å². The lowest BCUT2D eigenvalue weighted by atomic mass is 10.0. The van der Waals surface area contributed by atoms with Crippen LogP contribution in [0.2, 0.25) is 0 Å². The van der Waals surface area contributed by atoms with Gasteiger partial charge in [-0.1, -0.05) is 13.0 Å². The standard InChI is InChI=1S/C22H24N4O3S2/c1-4-22(2,3)26-19(28)14-7-9-15(10-8-14)23-18(27)12-16-13-31-21(24-16)25-20(29)17-6-5-11-30-17/h5-11,13H,4,12H2,1-3H3,(H,23,27)(H,26,28)(H,24,25,29). The van der Waals surface area contributed by atoms with E-state index in [4.69, 9.17) is 0 Å².